The zero-order chi connectivity index (χ0) is 18.3. The third-order valence-electron chi connectivity index (χ3n) is 4.54. The molecule has 24 heavy (non-hydrogen) atoms. The Morgan fingerprint density at radius 3 is 2.29 bits per heavy atom. The van der Waals surface area contributed by atoms with Gasteiger partial charge in [-0.2, -0.15) is 5.10 Å². The summed E-state index contributed by atoms with van der Waals surface area (Å²) in [5, 5.41) is 3.95. The average molecular weight is 338 g/mol. The Bertz CT molecular complexity index is 746. The summed E-state index contributed by atoms with van der Waals surface area (Å²) >= 11 is 0. The van der Waals surface area contributed by atoms with Crippen molar-refractivity contribution >= 4 is 17.6 Å². The smallest absolute Gasteiger partial charge is 0.348 e. The zero-order valence-corrected chi connectivity index (χ0v) is 14.5. The number of esters is 2. The molecule has 0 spiro atoms. The topological polar surface area (TPSA) is 117 Å². The van der Waals surface area contributed by atoms with Crippen LogP contribution < -0.4 is 16.2 Å². The first kappa shape index (κ1) is 17.9. The Morgan fingerprint density at radius 1 is 1.21 bits per heavy atom. The van der Waals surface area contributed by atoms with Crippen molar-refractivity contribution in [3.8, 4) is 0 Å². The highest BCUT2D eigenvalue weighted by molar-refractivity contribution is 6.02. The molecule has 1 aromatic heterocycles. The van der Waals surface area contributed by atoms with Gasteiger partial charge in [0.05, 0.1) is 30.7 Å². The van der Waals surface area contributed by atoms with E-state index in [1.165, 1.54) is 32.1 Å². The molecule has 0 aromatic carbocycles. The van der Waals surface area contributed by atoms with Gasteiger partial charge in [-0.05, 0) is 20.8 Å². The van der Waals surface area contributed by atoms with E-state index in [2.05, 4.69) is 5.10 Å². The van der Waals surface area contributed by atoms with Crippen LogP contribution in [0.2, 0.25) is 0 Å². The molecule has 9 nitrogen and oxygen atoms in total. The number of aryl methyl sites for hydroxylation is 1. The van der Waals surface area contributed by atoms with E-state index in [-0.39, 0.29) is 18.8 Å². The predicted octanol–water partition coefficient (Wildman–Crippen LogP) is -0.731. The van der Waals surface area contributed by atoms with Gasteiger partial charge in [0.15, 0.2) is 0 Å². The van der Waals surface area contributed by atoms with E-state index >= 15 is 0 Å². The van der Waals surface area contributed by atoms with Gasteiger partial charge in [-0.25, -0.2) is 9.48 Å². The fraction of sp³-hybridized carbons (Fsp3) is 0.600. The number of hydrogen-bond acceptors (Lipinski definition) is 8. The molecule has 132 valence electrons. The first-order chi connectivity index (χ1) is 11.2. The van der Waals surface area contributed by atoms with Crippen LogP contribution in [-0.2, 0) is 31.5 Å². The normalized spacial score (nSPS) is 25.3. The highest BCUT2D eigenvalue weighted by Gasteiger charge is 2.68. The summed E-state index contributed by atoms with van der Waals surface area (Å²) in [4.78, 5) is 39.4. The quantitative estimate of drug-likeness (QED) is 0.714. The molecular weight excluding hydrogens is 316 g/mol. The number of aromatic nitrogens is 2. The molecule has 0 saturated heterocycles. The van der Waals surface area contributed by atoms with Crippen LogP contribution in [0.5, 0.6) is 0 Å². The molecule has 0 bridgehead atoms. The van der Waals surface area contributed by atoms with E-state index in [9.17, 15) is 14.4 Å². The Morgan fingerprint density at radius 2 is 1.75 bits per heavy atom. The van der Waals surface area contributed by atoms with E-state index in [4.69, 9.17) is 15.2 Å². The molecule has 2 atom stereocenters. The first-order valence-corrected chi connectivity index (χ1v) is 7.61. The summed E-state index contributed by atoms with van der Waals surface area (Å²) < 4.78 is 11.3. The lowest BCUT2D eigenvalue weighted by atomic mass is 9.74. The fourth-order valence-electron chi connectivity index (χ4n) is 3.09. The summed E-state index contributed by atoms with van der Waals surface area (Å²) in [6.45, 7) is 4.85. The molecule has 9 heteroatoms. The van der Waals surface area contributed by atoms with Crippen LogP contribution in [-0.4, -0.2) is 47.6 Å². The van der Waals surface area contributed by atoms with Gasteiger partial charge in [-0.1, -0.05) is 0 Å². The fourth-order valence-corrected chi connectivity index (χ4v) is 3.09. The molecule has 2 rings (SSSR count). The monoisotopic (exact) mass is 338 g/mol. The van der Waals surface area contributed by atoms with Crippen molar-refractivity contribution in [2.24, 2.45) is 12.8 Å². The maximum Gasteiger partial charge on any atom is 0.348 e. The number of hydrogen-bond donors (Lipinski definition) is 1. The summed E-state index contributed by atoms with van der Waals surface area (Å²) in [6.07, 6.45) is 1.39. The number of anilines is 1. The Labute approximate surface area is 139 Å². The lowest BCUT2D eigenvalue weighted by molar-refractivity contribution is -0.163. The largest absolute Gasteiger partial charge is 0.465 e. The van der Waals surface area contributed by atoms with Crippen molar-refractivity contribution in [2.45, 2.75) is 31.8 Å². The molecule has 2 unspecified atom stereocenters. The van der Waals surface area contributed by atoms with Crippen molar-refractivity contribution < 1.29 is 19.1 Å². The van der Waals surface area contributed by atoms with Gasteiger partial charge in [-0.15, -0.1) is 0 Å². The van der Waals surface area contributed by atoms with Crippen molar-refractivity contribution in [3.05, 3.63) is 22.1 Å². The number of nitrogens with two attached hydrogens (primary N) is 1. The SMILES string of the molecule is CCOC(=O)C1(C)c2c(cnn(C)c2=O)N(C)C1(N)C(=O)OCC. The molecule has 2 heterocycles. The Kier molecular flexibility index (Phi) is 4.40. The van der Waals surface area contributed by atoms with Crippen LogP contribution in [0.1, 0.15) is 26.3 Å². The minimum absolute atomic E-state index is 0.0662. The van der Waals surface area contributed by atoms with Crippen LogP contribution in [0.15, 0.2) is 11.0 Å². The molecular formula is C15H22N4O5. The summed E-state index contributed by atoms with van der Waals surface area (Å²) in [6, 6.07) is 0. The molecule has 1 aliphatic rings. The number of nitrogens with zero attached hydrogens (tertiary/aromatic N) is 3. The average Bonchev–Trinajstić information content (AvgIpc) is 2.72. The van der Waals surface area contributed by atoms with Gasteiger partial charge in [0.25, 0.3) is 5.56 Å². The van der Waals surface area contributed by atoms with E-state index < -0.39 is 28.6 Å². The highest BCUT2D eigenvalue weighted by atomic mass is 16.5. The van der Waals surface area contributed by atoms with Gasteiger partial charge in [0, 0.05) is 14.1 Å². The third-order valence-corrected chi connectivity index (χ3v) is 4.54. The molecule has 1 aromatic rings. The molecule has 0 fully saturated rings. The van der Waals surface area contributed by atoms with Gasteiger partial charge in [0.2, 0.25) is 5.66 Å². The number of ether oxygens (including phenoxy) is 2. The van der Waals surface area contributed by atoms with E-state index in [0.717, 1.165) is 4.68 Å². The molecule has 0 amide bonds. The van der Waals surface area contributed by atoms with Crippen molar-refractivity contribution in [1.82, 2.24) is 9.78 Å². The second kappa shape index (κ2) is 5.90. The van der Waals surface area contributed by atoms with E-state index in [0.29, 0.717) is 5.69 Å². The predicted molar refractivity (Wildman–Crippen MR) is 85.4 cm³/mol. The third kappa shape index (κ3) is 2.04. The zero-order valence-electron chi connectivity index (χ0n) is 14.5. The maximum absolute atomic E-state index is 12.8. The number of rotatable bonds is 4. The van der Waals surface area contributed by atoms with Gasteiger partial charge < -0.3 is 14.4 Å². The second-order valence-electron chi connectivity index (χ2n) is 5.72. The maximum atomic E-state index is 12.8. The lowest BCUT2D eigenvalue weighted by Crippen LogP contribution is -2.71. The minimum Gasteiger partial charge on any atom is -0.465 e. The second-order valence-corrected chi connectivity index (χ2v) is 5.72. The Balaban J connectivity index is 2.83. The van der Waals surface area contributed by atoms with Crippen LogP contribution >= 0.6 is 0 Å². The molecule has 0 saturated carbocycles. The molecule has 0 radical (unpaired) electrons. The lowest BCUT2D eigenvalue weighted by Gasteiger charge is -2.40. The van der Waals surface area contributed by atoms with Crippen LogP contribution in [0.25, 0.3) is 0 Å². The number of fused-ring (bicyclic) bond motifs is 1. The number of carbonyl (C=O) groups is 2. The van der Waals surface area contributed by atoms with Crippen LogP contribution in [0.3, 0.4) is 0 Å². The van der Waals surface area contributed by atoms with Gasteiger partial charge >= 0.3 is 11.9 Å². The number of likely N-dealkylation sites (N-methyl/N-ethyl adjacent to an activating group) is 1. The Hall–Kier alpha value is -2.42. The van der Waals surface area contributed by atoms with Crippen molar-refractivity contribution in [2.75, 3.05) is 25.2 Å². The molecule has 2 N–H and O–H groups in total. The highest BCUT2D eigenvalue weighted by Crippen LogP contribution is 2.48. The summed E-state index contributed by atoms with van der Waals surface area (Å²) in [7, 11) is 2.97. The van der Waals surface area contributed by atoms with E-state index in [1.807, 2.05) is 0 Å². The standard InChI is InChI=1S/C15H22N4O5/c1-6-23-12(21)14(3)10-9(8-17-19(5)11(10)20)18(4)15(14,16)13(22)24-7-2/h8H,6-7,16H2,1-5H3. The van der Waals surface area contributed by atoms with Gasteiger partial charge in [0.1, 0.15) is 5.41 Å². The van der Waals surface area contributed by atoms with Crippen LogP contribution in [0.4, 0.5) is 5.69 Å². The number of carbonyl (C=O) groups excluding carboxylic acids is 2. The van der Waals surface area contributed by atoms with Crippen molar-refractivity contribution in [3.63, 3.8) is 0 Å². The van der Waals surface area contributed by atoms with Crippen LogP contribution in [0, 0.1) is 0 Å². The van der Waals surface area contributed by atoms with Gasteiger partial charge in [-0.3, -0.25) is 15.3 Å². The molecule has 1 aliphatic heterocycles. The molecule has 0 aliphatic carbocycles. The minimum atomic E-state index is -1.92. The summed E-state index contributed by atoms with van der Waals surface area (Å²) in [5.41, 5.74) is 2.56. The summed E-state index contributed by atoms with van der Waals surface area (Å²) in [5.74, 6) is -1.59. The first-order valence-electron chi connectivity index (χ1n) is 7.61. The van der Waals surface area contributed by atoms with Crippen molar-refractivity contribution in [1.29, 1.82) is 0 Å². The van der Waals surface area contributed by atoms with E-state index in [1.54, 1.807) is 13.8 Å².